The molecule has 6 saturated carbocycles. The number of hydrogen-bond acceptors (Lipinski definition) is 20. The van der Waals surface area contributed by atoms with Gasteiger partial charge in [0.05, 0.1) is 79.2 Å². The number of hydrogen-bond donors (Lipinski definition) is 3. The molecule has 26 heteroatoms. The minimum atomic E-state index is -4.82. The van der Waals surface area contributed by atoms with Crippen molar-refractivity contribution in [1.82, 2.24) is 10.6 Å². The smallest absolute Gasteiger partial charge is 0.748 e. The number of methoxy groups -OCH3 is 1. The van der Waals surface area contributed by atoms with Crippen LogP contribution in [0.25, 0.3) is 0 Å². The first kappa shape index (κ1) is 59.5. The fourth-order valence-corrected chi connectivity index (χ4v) is 13.2. The van der Waals surface area contributed by atoms with Crippen LogP contribution in [0.5, 0.6) is 0 Å². The summed E-state index contributed by atoms with van der Waals surface area (Å²) < 4.78 is 83.1. The van der Waals surface area contributed by atoms with E-state index >= 15 is 0 Å². The van der Waals surface area contributed by atoms with E-state index in [4.69, 9.17) is 20.1 Å². The first-order valence-corrected chi connectivity index (χ1v) is 25.9. The van der Waals surface area contributed by atoms with Crippen LogP contribution in [0.3, 0.4) is 0 Å². The Morgan fingerprint density at radius 3 is 1.98 bits per heavy atom. The number of nitrogens with zero attached hydrogens (tertiary/aromatic N) is 6. The third-order valence-corrected chi connectivity index (χ3v) is 17.4. The van der Waals surface area contributed by atoms with Gasteiger partial charge >= 0.3 is 88.7 Å². The Labute approximate surface area is 448 Å². The van der Waals surface area contributed by atoms with Gasteiger partial charge in [-0.15, -0.1) is 0 Å². The Morgan fingerprint density at radius 2 is 1.34 bits per heavy atom. The normalized spacial score (nSPS) is 38.7. The van der Waals surface area contributed by atoms with Gasteiger partial charge in [-0.3, -0.25) is 9.83 Å². The van der Waals surface area contributed by atoms with Gasteiger partial charge in [0.15, 0.2) is 0 Å². The Bertz CT molecular complexity index is 1760. The average molecular weight is 989 g/mol. The van der Waals surface area contributed by atoms with E-state index in [9.17, 15) is 41.1 Å². The molecule has 0 aromatic rings. The van der Waals surface area contributed by atoms with Gasteiger partial charge in [-0.25, -0.2) is 16.8 Å². The molecule has 0 aromatic heterocycles. The van der Waals surface area contributed by atoms with Crippen LogP contribution in [0.15, 0.2) is 30.7 Å². The average Bonchev–Trinajstić information content (AvgIpc) is 3.24. The molecule has 6 rings (SSSR count). The number of aliphatic hydroxyl groups excluding tert-OH is 1. The van der Waals surface area contributed by atoms with Crippen LogP contribution in [-0.2, 0) is 39.1 Å². The SMILES string of the molecule is CCC(=O)NC1CC(N=NC2CCC(N=NC3C(O)C4CC(NC5CCCC(S(=O)(=O)[O-])C5)CCC4CC3S(=O)(=O)[O-])C(OC)C2)CCC1N=NC1CCC(SOO[O-])CC1.[Na+].[Na+].[Na+]. The number of carbonyl (C=O) groups is 1. The van der Waals surface area contributed by atoms with Gasteiger partial charge in [-0.05, 0) is 121 Å². The molecular weight excluding hydrogens is 926 g/mol. The zero-order valence-electron chi connectivity index (χ0n) is 38.0. The zero-order valence-corrected chi connectivity index (χ0v) is 46.5. The summed E-state index contributed by atoms with van der Waals surface area (Å²) in [6.45, 7) is 1.80. The topological polar surface area (TPSA) is 301 Å². The second-order valence-corrected chi connectivity index (χ2v) is 22.3. The second kappa shape index (κ2) is 28.3. The van der Waals surface area contributed by atoms with Crippen LogP contribution < -0.4 is 105 Å². The molecule has 0 aromatic carbocycles. The molecule has 6 fully saturated rings. The molecule has 0 aliphatic heterocycles. The minimum Gasteiger partial charge on any atom is -0.748 e. The molecule has 0 saturated heterocycles. The number of rotatable bonds is 16. The van der Waals surface area contributed by atoms with Gasteiger partial charge in [-0.1, -0.05) is 13.3 Å². The van der Waals surface area contributed by atoms with Crippen molar-refractivity contribution in [3.05, 3.63) is 0 Å². The van der Waals surface area contributed by atoms with Gasteiger partial charge in [0.25, 0.3) is 0 Å². The van der Waals surface area contributed by atoms with E-state index in [1.165, 1.54) is 0 Å². The predicted molar refractivity (Wildman–Crippen MR) is 218 cm³/mol. The quantitative estimate of drug-likeness (QED) is 0.0325. The molecule has 64 heavy (non-hydrogen) atoms. The van der Waals surface area contributed by atoms with Crippen molar-refractivity contribution in [3.63, 3.8) is 0 Å². The van der Waals surface area contributed by atoms with Gasteiger partial charge in [0.2, 0.25) is 5.91 Å². The number of nitrogens with one attached hydrogen (secondary N) is 2. The predicted octanol–water partition coefficient (Wildman–Crippen LogP) is -5.43. The third kappa shape index (κ3) is 17.2. The van der Waals surface area contributed by atoms with Crippen molar-refractivity contribution in [2.45, 2.75) is 211 Å². The van der Waals surface area contributed by atoms with E-state index in [0.29, 0.717) is 70.6 Å². The van der Waals surface area contributed by atoms with Crippen LogP contribution in [0.4, 0.5) is 0 Å². The first-order valence-electron chi connectivity index (χ1n) is 22.1. The summed E-state index contributed by atoms with van der Waals surface area (Å²) >= 11 is 1.04. The zero-order chi connectivity index (χ0) is 43.7. The molecule has 6 aliphatic rings. The van der Waals surface area contributed by atoms with Gasteiger partial charge in [0.1, 0.15) is 6.04 Å². The Kier molecular flexibility index (Phi) is 26.3. The third-order valence-electron chi connectivity index (χ3n) is 14.1. The number of azo groups is 3. The van der Waals surface area contributed by atoms with E-state index in [-0.39, 0.29) is 167 Å². The number of carbonyl (C=O) groups excluding carboxylic acids is 1. The molecule has 0 bridgehead atoms. The van der Waals surface area contributed by atoms with E-state index in [2.05, 4.69) is 35.3 Å². The standard InChI is InChI=1S/C38H66N8O12S3.3Na/c1-3-36(47)40-33-20-26(11-15-31(33)44-41-23-9-13-28(14-10-23)59-58-57-49)42-43-27-12-16-32(34(21-27)56-2)45-46-37-35(61(53,54)55)17-22-7-8-25(19-30(22)38(37)48)39-24-5-4-6-29(18-24)60(50,51)52;;;/h22-35,37-39,48-49H,3-21H2,1-2H3,(H,40,47)(H,50,51,52)(H,53,54,55);;;/q;3*+1/p-3. The fourth-order valence-electron chi connectivity index (χ4n) is 10.6. The van der Waals surface area contributed by atoms with Crippen molar-refractivity contribution in [2.75, 3.05) is 7.11 Å². The molecule has 1 amide bonds. The molecule has 348 valence electrons. The molecule has 0 spiro atoms. The molecule has 3 N–H and O–H groups in total. The summed E-state index contributed by atoms with van der Waals surface area (Å²) in [4.78, 5) is 12.5. The maximum absolute atomic E-state index is 12.6. The summed E-state index contributed by atoms with van der Waals surface area (Å²) in [6.07, 6.45) is 9.47. The van der Waals surface area contributed by atoms with Crippen molar-refractivity contribution >= 4 is 38.2 Å². The summed E-state index contributed by atoms with van der Waals surface area (Å²) in [5.41, 5.74) is 0. The largest absolute Gasteiger partial charge is 1.00 e. The van der Waals surface area contributed by atoms with E-state index in [1.54, 1.807) is 14.0 Å². The Balaban J connectivity index is 0.00000363. The molecule has 0 radical (unpaired) electrons. The Hall–Kier alpha value is 1.20. The second-order valence-electron chi connectivity index (χ2n) is 18.1. The molecule has 14 atom stereocenters. The van der Waals surface area contributed by atoms with Crippen LogP contribution in [0.1, 0.15) is 129 Å². The van der Waals surface area contributed by atoms with Crippen molar-refractivity contribution < 1.29 is 144 Å². The number of amides is 1. The minimum absolute atomic E-state index is 0. The maximum atomic E-state index is 12.6. The molecule has 6 aliphatic carbocycles. The van der Waals surface area contributed by atoms with E-state index < -0.39 is 55.0 Å². The number of ether oxygens (including phenoxy) is 1. The van der Waals surface area contributed by atoms with Gasteiger partial charge in [-0.2, -0.15) is 35.0 Å². The fraction of sp³-hybridized carbons (Fsp3) is 0.974. The molecular formula is C38H63N8Na3O12S3. The first-order chi connectivity index (χ1) is 29.1. The van der Waals surface area contributed by atoms with Gasteiger partial charge < -0.3 is 34.8 Å². The van der Waals surface area contributed by atoms with Crippen molar-refractivity contribution in [2.24, 2.45) is 42.5 Å². The van der Waals surface area contributed by atoms with Crippen molar-refractivity contribution in [3.8, 4) is 0 Å². The van der Waals surface area contributed by atoms with E-state index in [1.807, 2.05) is 0 Å². The maximum Gasteiger partial charge on any atom is 1.00 e. The van der Waals surface area contributed by atoms with Crippen LogP contribution in [0.2, 0.25) is 0 Å². The molecule has 0 heterocycles. The summed E-state index contributed by atoms with van der Waals surface area (Å²) in [7, 11) is -7.64. The number of aliphatic hydroxyl groups is 1. The van der Waals surface area contributed by atoms with Crippen molar-refractivity contribution in [1.29, 1.82) is 0 Å². The molecule has 14 unspecified atom stereocenters. The summed E-state index contributed by atoms with van der Waals surface area (Å²) in [5.74, 6) is -0.595. The van der Waals surface area contributed by atoms with Crippen LogP contribution >= 0.6 is 12.0 Å². The number of fused-ring (bicyclic) bond motifs is 1. The molecule has 20 nitrogen and oxygen atoms in total. The van der Waals surface area contributed by atoms with Crippen LogP contribution in [-0.4, -0.2) is 126 Å². The van der Waals surface area contributed by atoms with E-state index in [0.717, 1.165) is 50.6 Å². The Morgan fingerprint density at radius 1 is 0.719 bits per heavy atom. The van der Waals surface area contributed by atoms with Crippen LogP contribution in [0, 0.1) is 11.8 Å². The van der Waals surface area contributed by atoms with Gasteiger partial charge in [0, 0.05) is 42.9 Å². The summed E-state index contributed by atoms with van der Waals surface area (Å²) in [5, 5.41) is 57.5. The monoisotopic (exact) mass is 988 g/mol. The summed E-state index contributed by atoms with van der Waals surface area (Å²) in [6, 6.07) is -2.50.